The van der Waals surface area contributed by atoms with Gasteiger partial charge in [-0.3, -0.25) is 19.5 Å². The number of hydrogen-bond acceptors (Lipinski definition) is 7. The maximum absolute atomic E-state index is 13.3. The van der Waals surface area contributed by atoms with E-state index in [1.165, 1.54) is 16.2 Å². The van der Waals surface area contributed by atoms with Crippen molar-refractivity contribution in [3.63, 3.8) is 0 Å². The number of likely N-dealkylation sites (N-methyl/N-ethyl adjacent to an activating group) is 1. The molecule has 1 N–H and O–H groups in total. The van der Waals surface area contributed by atoms with Crippen molar-refractivity contribution in [2.45, 2.75) is 6.54 Å². The zero-order chi connectivity index (χ0) is 22.8. The lowest BCUT2D eigenvalue weighted by Gasteiger charge is -2.34. The number of amides is 2. The second-order valence-electron chi connectivity index (χ2n) is 8.25. The summed E-state index contributed by atoms with van der Waals surface area (Å²) in [7, 11) is 2.14. The lowest BCUT2D eigenvalue weighted by Crippen LogP contribution is -2.44. The highest BCUT2D eigenvalue weighted by Gasteiger charge is 2.39. The highest BCUT2D eigenvalue weighted by atomic mass is 32.1. The molecular weight excluding hydrogens is 434 g/mol. The number of pyridine rings is 1. The van der Waals surface area contributed by atoms with E-state index in [1.807, 2.05) is 35.7 Å². The second-order valence-corrected chi connectivity index (χ2v) is 9.19. The highest BCUT2D eigenvalue weighted by molar-refractivity contribution is 7.11. The van der Waals surface area contributed by atoms with Crippen LogP contribution in [-0.4, -0.2) is 59.8 Å². The summed E-state index contributed by atoms with van der Waals surface area (Å²) < 4.78 is 0. The Bertz CT molecular complexity index is 1170. The summed E-state index contributed by atoms with van der Waals surface area (Å²) in [5.41, 5.74) is 3.48. The van der Waals surface area contributed by atoms with Gasteiger partial charge in [-0.1, -0.05) is 12.1 Å². The number of piperazine rings is 1. The van der Waals surface area contributed by atoms with E-state index in [-0.39, 0.29) is 18.4 Å². The highest BCUT2D eigenvalue weighted by Crippen LogP contribution is 2.34. The van der Waals surface area contributed by atoms with E-state index in [0.29, 0.717) is 11.3 Å². The van der Waals surface area contributed by atoms with E-state index in [4.69, 9.17) is 0 Å². The van der Waals surface area contributed by atoms with Crippen molar-refractivity contribution in [2.75, 3.05) is 43.4 Å². The van der Waals surface area contributed by atoms with Crippen LogP contribution in [0.3, 0.4) is 0 Å². The molecule has 1 fully saturated rings. The van der Waals surface area contributed by atoms with E-state index in [0.717, 1.165) is 48.0 Å². The molecule has 0 aliphatic carbocycles. The Labute approximate surface area is 197 Å². The number of aromatic nitrogens is 1. The topological polar surface area (TPSA) is 68.8 Å². The molecule has 0 atom stereocenters. The van der Waals surface area contributed by atoms with Crippen LogP contribution in [0.1, 0.15) is 10.4 Å². The molecule has 0 unspecified atom stereocenters. The molecule has 2 amide bonds. The van der Waals surface area contributed by atoms with Crippen LogP contribution in [0.15, 0.2) is 72.0 Å². The molecule has 2 aliphatic heterocycles. The summed E-state index contributed by atoms with van der Waals surface area (Å²) >= 11 is 1.45. The number of carbonyl (C=O) groups excluding carboxylic acids is 2. The largest absolute Gasteiger partial charge is 0.369 e. The van der Waals surface area contributed by atoms with Crippen molar-refractivity contribution in [2.24, 2.45) is 0 Å². The third-order valence-corrected chi connectivity index (χ3v) is 6.89. The summed E-state index contributed by atoms with van der Waals surface area (Å²) in [5.74, 6) is -0.613. The van der Waals surface area contributed by atoms with E-state index >= 15 is 0 Å². The molecule has 7 nitrogen and oxygen atoms in total. The van der Waals surface area contributed by atoms with Crippen molar-refractivity contribution in [3.05, 3.63) is 82.4 Å². The lowest BCUT2D eigenvalue weighted by atomic mass is 10.1. The average Bonchev–Trinajstić information content (AvgIpc) is 3.44. The number of nitrogens with one attached hydrogen (secondary N) is 1. The fourth-order valence-electron chi connectivity index (χ4n) is 4.12. The number of rotatable bonds is 6. The summed E-state index contributed by atoms with van der Waals surface area (Å²) in [4.78, 5) is 37.5. The van der Waals surface area contributed by atoms with Crippen LogP contribution < -0.4 is 10.2 Å². The second kappa shape index (κ2) is 9.17. The summed E-state index contributed by atoms with van der Waals surface area (Å²) in [5, 5.41) is 5.15. The Morgan fingerprint density at radius 2 is 1.76 bits per heavy atom. The maximum atomic E-state index is 13.3. The van der Waals surface area contributed by atoms with Crippen molar-refractivity contribution < 1.29 is 9.59 Å². The number of imide groups is 1. The van der Waals surface area contributed by atoms with Gasteiger partial charge in [0.05, 0.1) is 12.1 Å². The minimum Gasteiger partial charge on any atom is -0.369 e. The van der Waals surface area contributed by atoms with E-state index in [1.54, 1.807) is 18.5 Å². The van der Waals surface area contributed by atoms with Gasteiger partial charge in [0, 0.05) is 54.8 Å². The number of benzene rings is 1. The van der Waals surface area contributed by atoms with Crippen molar-refractivity contribution in [3.8, 4) is 0 Å². The first-order valence-electron chi connectivity index (χ1n) is 10.9. The predicted octanol–water partition coefficient (Wildman–Crippen LogP) is 3.29. The number of anilines is 2. The molecule has 3 aromatic rings. The summed E-state index contributed by atoms with van der Waals surface area (Å²) in [6.07, 6.45) is 3.35. The fourth-order valence-corrected chi connectivity index (χ4v) is 4.89. The average molecular weight is 460 g/mol. The van der Waals surface area contributed by atoms with Gasteiger partial charge >= 0.3 is 0 Å². The zero-order valence-corrected chi connectivity index (χ0v) is 19.2. The molecule has 0 bridgehead atoms. The van der Waals surface area contributed by atoms with Gasteiger partial charge in [0.2, 0.25) is 0 Å². The number of carbonyl (C=O) groups is 2. The normalized spacial score (nSPS) is 17.2. The van der Waals surface area contributed by atoms with Gasteiger partial charge < -0.3 is 15.1 Å². The number of hydrogen-bond donors (Lipinski definition) is 1. The molecule has 2 aromatic heterocycles. The smallest absolute Gasteiger partial charge is 0.278 e. The van der Waals surface area contributed by atoms with Gasteiger partial charge in [-0.25, -0.2) is 0 Å². The van der Waals surface area contributed by atoms with Crippen LogP contribution in [0.25, 0.3) is 5.57 Å². The minimum atomic E-state index is -0.324. The molecule has 8 heteroatoms. The zero-order valence-electron chi connectivity index (χ0n) is 18.4. The van der Waals surface area contributed by atoms with Crippen LogP contribution >= 0.6 is 11.3 Å². The fraction of sp³-hybridized carbons (Fsp3) is 0.240. The van der Waals surface area contributed by atoms with E-state index < -0.39 is 0 Å². The maximum Gasteiger partial charge on any atom is 0.278 e. The van der Waals surface area contributed by atoms with Crippen LogP contribution in [0.5, 0.6) is 0 Å². The molecule has 168 valence electrons. The molecule has 33 heavy (non-hydrogen) atoms. The first kappa shape index (κ1) is 21.4. The molecule has 1 aromatic carbocycles. The Balaban J connectivity index is 1.39. The van der Waals surface area contributed by atoms with Crippen LogP contribution in [0.4, 0.5) is 11.4 Å². The van der Waals surface area contributed by atoms with Crippen molar-refractivity contribution >= 4 is 40.1 Å². The third-order valence-electron chi connectivity index (χ3n) is 6.00. The van der Waals surface area contributed by atoms with Gasteiger partial charge in [-0.2, -0.15) is 0 Å². The van der Waals surface area contributed by atoms with Crippen LogP contribution in [0.2, 0.25) is 0 Å². The van der Waals surface area contributed by atoms with Crippen molar-refractivity contribution in [1.29, 1.82) is 0 Å². The number of nitrogens with zero attached hydrogens (tertiary/aromatic N) is 4. The van der Waals surface area contributed by atoms with Gasteiger partial charge in [0.25, 0.3) is 11.8 Å². The first-order valence-corrected chi connectivity index (χ1v) is 11.8. The molecular formula is C25H25N5O2S. The Kier molecular flexibility index (Phi) is 5.93. The van der Waals surface area contributed by atoms with Gasteiger partial charge in [-0.05, 0) is 54.4 Å². The van der Waals surface area contributed by atoms with E-state index in [2.05, 4.69) is 39.3 Å². The van der Waals surface area contributed by atoms with Crippen molar-refractivity contribution in [1.82, 2.24) is 14.8 Å². The molecule has 0 radical (unpaired) electrons. The first-order chi connectivity index (χ1) is 16.1. The lowest BCUT2D eigenvalue weighted by molar-refractivity contribution is -0.137. The molecule has 2 aliphatic rings. The summed E-state index contributed by atoms with van der Waals surface area (Å²) in [6, 6.07) is 15.5. The quantitative estimate of drug-likeness (QED) is 0.571. The van der Waals surface area contributed by atoms with Crippen LogP contribution in [-0.2, 0) is 16.1 Å². The molecule has 0 spiro atoms. The molecule has 0 saturated carbocycles. The van der Waals surface area contributed by atoms with Crippen LogP contribution in [0, 0.1) is 0 Å². The van der Waals surface area contributed by atoms with Gasteiger partial charge in [0.1, 0.15) is 5.70 Å². The van der Waals surface area contributed by atoms with Gasteiger partial charge in [-0.15, -0.1) is 11.3 Å². The standard InChI is InChI=1S/C25H25N5O2S/c1-28-11-13-29(14-12-28)20-8-6-19(7-9-20)27-23-22(21-5-3-15-33-21)24(31)30(25(23)32)17-18-4-2-10-26-16-18/h2-10,15-16,27H,11-14,17H2,1H3. The van der Waals surface area contributed by atoms with Gasteiger partial charge in [0.15, 0.2) is 0 Å². The Hall–Kier alpha value is -3.49. The SMILES string of the molecule is CN1CCN(c2ccc(NC3=C(c4cccs4)C(=O)N(Cc4cccnc4)C3=O)cc2)CC1. The third kappa shape index (κ3) is 4.40. The number of thiophene rings is 1. The molecule has 5 rings (SSSR count). The predicted molar refractivity (Wildman–Crippen MR) is 131 cm³/mol. The Morgan fingerprint density at radius 3 is 2.42 bits per heavy atom. The van der Waals surface area contributed by atoms with E-state index in [9.17, 15) is 9.59 Å². The Morgan fingerprint density at radius 1 is 0.970 bits per heavy atom. The minimum absolute atomic E-state index is 0.188. The molecule has 4 heterocycles. The monoisotopic (exact) mass is 459 g/mol. The molecule has 1 saturated heterocycles. The summed E-state index contributed by atoms with van der Waals surface area (Å²) in [6.45, 7) is 4.26.